The molecule has 0 bridgehead atoms. The molecule has 2 aromatic carbocycles. The van der Waals surface area contributed by atoms with Crippen LogP contribution in [0.5, 0.6) is 11.5 Å². The fourth-order valence-corrected chi connectivity index (χ4v) is 9.27. The van der Waals surface area contributed by atoms with Gasteiger partial charge in [-0.2, -0.15) is 0 Å². The molecule has 0 spiro atoms. The van der Waals surface area contributed by atoms with Gasteiger partial charge in [0.25, 0.3) is 11.8 Å². The number of nitrogens with one attached hydrogen (secondary N) is 2. The van der Waals surface area contributed by atoms with Crippen LogP contribution < -0.4 is 19.5 Å². The van der Waals surface area contributed by atoms with E-state index in [2.05, 4.69) is 16.6 Å². The molecule has 2 saturated heterocycles. The number of hydrogen-bond donors (Lipinski definition) is 2. The lowest BCUT2D eigenvalue weighted by molar-refractivity contribution is -0.151. The monoisotopic (exact) mass is 851 g/mol. The van der Waals surface area contributed by atoms with E-state index >= 15 is 0 Å². The Bertz CT molecular complexity index is 2250. The van der Waals surface area contributed by atoms with Crippen LogP contribution in [0.3, 0.4) is 0 Å². The number of piperidine rings is 1. The number of carbonyl (C=O) groups is 4. The maximum absolute atomic E-state index is 14.9. The first kappa shape index (κ1) is 44.4. The van der Waals surface area contributed by atoms with Gasteiger partial charge in [-0.15, -0.1) is 6.58 Å². The lowest BCUT2D eigenvalue weighted by Crippen LogP contribution is -2.57. The number of sulfonamides is 1. The number of benzene rings is 2. The maximum Gasteiger partial charge on any atom is 0.265 e. The molecule has 3 fully saturated rings. The van der Waals surface area contributed by atoms with Crippen molar-refractivity contribution in [3.63, 3.8) is 0 Å². The molecular weight excluding hydrogens is 797 g/mol. The summed E-state index contributed by atoms with van der Waals surface area (Å²) in [5.74, 6) is -6.58. The second-order valence-electron chi connectivity index (χ2n) is 17.3. The second kappa shape index (κ2) is 17.5. The zero-order chi connectivity index (χ0) is 43.7. The van der Waals surface area contributed by atoms with Crippen LogP contribution in [0.25, 0.3) is 22.2 Å². The van der Waals surface area contributed by atoms with Gasteiger partial charge in [0.05, 0.1) is 42.6 Å². The predicted molar refractivity (Wildman–Crippen MR) is 223 cm³/mol. The van der Waals surface area contributed by atoms with Crippen LogP contribution in [0.1, 0.15) is 71.8 Å². The van der Waals surface area contributed by atoms with Crippen LogP contribution in [0.4, 0.5) is 8.78 Å². The van der Waals surface area contributed by atoms with Gasteiger partial charge in [0.2, 0.25) is 27.7 Å². The van der Waals surface area contributed by atoms with Crippen molar-refractivity contribution < 1.29 is 45.9 Å². The number of halogens is 2. The van der Waals surface area contributed by atoms with E-state index < -0.39 is 86.8 Å². The van der Waals surface area contributed by atoms with Crippen LogP contribution in [0.2, 0.25) is 0 Å². The van der Waals surface area contributed by atoms with E-state index in [1.54, 1.807) is 46.9 Å². The van der Waals surface area contributed by atoms with Crippen LogP contribution >= 0.6 is 0 Å². The zero-order valence-corrected chi connectivity index (χ0v) is 35.8. The largest absolute Gasteiger partial charge is 0.496 e. The Labute approximate surface area is 350 Å². The highest BCUT2D eigenvalue weighted by Gasteiger charge is 2.48. The van der Waals surface area contributed by atoms with Gasteiger partial charge < -0.3 is 24.6 Å². The summed E-state index contributed by atoms with van der Waals surface area (Å²) in [6.07, 6.45) is 0.843. The topological polar surface area (TPSA) is 164 Å². The van der Waals surface area contributed by atoms with Gasteiger partial charge in [0.15, 0.2) is 0 Å². The first-order valence-corrected chi connectivity index (χ1v) is 21.9. The van der Waals surface area contributed by atoms with Crippen LogP contribution in [-0.4, -0.2) is 103 Å². The van der Waals surface area contributed by atoms with Crippen molar-refractivity contribution in [2.75, 3.05) is 26.7 Å². The smallest absolute Gasteiger partial charge is 0.265 e. The molecule has 324 valence electrons. The number of ether oxygens (including phenoxy) is 2. The average Bonchev–Trinajstić information content (AvgIpc) is 3.99. The minimum absolute atomic E-state index is 0.0441. The molecule has 1 aromatic heterocycles. The Kier molecular flexibility index (Phi) is 12.9. The van der Waals surface area contributed by atoms with E-state index in [4.69, 9.17) is 14.5 Å². The zero-order valence-electron chi connectivity index (χ0n) is 35.0. The van der Waals surface area contributed by atoms with Crippen LogP contribution in [0, 0.1) is 24.2 Å². The second-order valence-corrected chi connectivity index (χ2v) is 19.3. The van der Waals surface area contributed by atoms with Gasteiger partial charge in [-0.05, 0) is 43.7 Å². The van der Waals surface area contributed by atoms with Gasteiger partial charge in [0, 0.05) is 54.3 Å². The normalized spacial score (nSPS) is 20.8. The molecule has 13 nitrogen and oxygen atoms in total. The van der Waals surface area contributed by atoms with E-state index in [9.17, 15) is 36.4 Å². The summed E-state index contributed by atoms with van der Waals surface area (Å²) < 4.78 is 68.8. The number of rotatable bonds is 14. The van der Waals surface area contributed by atoms with Crippen molar-refractivity contribution in [1.29, 1.82) is 0 Å². The summed E-state index contributed by atoms with van der Waals surface area (Å²) in [5, 5.41) is 2.67. The molecule has 16 heteroatoms. The Morgan fingerprint density at radius 3 is 2.40 bits per heavy atom. The number of pyridine rings is 1. The first-order valence-electron chi connectivity index (χ1n) is 20.4. The van der Waals surface area contributed by atoms with Gasteiger partial charge >= 0.3 is 0 Å². The van der Waals surface area contributed by atoms with E-state index in [0.29, 0.717) is 40.9 Å². The predicted octanol–water partition coefficient (Wildman–Crippen LogP) is 5.79. The molecule has 2 unspecified atom stereocenters. The molecule has 5 atom stereocenters. The third-order valence-electron chi connectivity index (χ3n) is 11.7. The SMILES string of the molecule is C=C[C@H](C)C(NC(=O)[C@@H]1CC(Oc2cc(-c3ccccc3)nc3c(C)c(OC)ccc23)CN1C(=O)[C@@H](CC(=O)N1CCCC(F)(F)C1)C(C)(C)C)C(=O)NS(=O)(=O)C1CC1. The molecule has 2 aliphatic heterocycles. The van der Waals surface area contributed by atoms with Crippen LogP contribution in [0.15, 0.2) is 61.2 Å². The lowest BCUT2D eigenvalue weighted by atomic mass is 9.77. The number of likely N-dealkylation sites (tertiary alicyclic amines) is 2. The highest BCUT2D eigenvalue weighted by molar-refractivity contribution is 7.90. The Balaban J connectivity index is 1.36. The fourth-order valence-electron chi connectivity index (χ4n) is 7.94. The molecule has 6 rings (SSSR count). The van der Waals surface area contributed by atoms with Crippen molar-refractivity contribution >= 4 is 44.6 Å². The van der Waals surface area contributed by atoms with Gasteiger partial charge in [-0.1, -0.05) is 64.1 Å². The van der Waals surface area contributed by atoms with Gasteiger partial charge in [-0.3, -0.25) is 23.9 Å². The Morgan fingerprint density at radius 1 is 1.08 bits per heavy atom. The lowest BCUT2D eigenvalue weighted by Gasteiger charge is -2.37. The quantitative estimate of drug-likeness (QED) is 0.191. The third-order valence-corrected chi connectivity index (χ3v) is 13.6. The fraction of sp³-hybridized carbons (Fsp3) is 0.523. The highest BCUT2D eigenvalue weighted by Crippen LogP contribution is 2.39. The molecule has 3 aromatic rings. The summed E-state index contributed by atoms with van der Waals surface area (Å²) in [7, 11) is -2.40. The summed E-state index contributed by atoms with van der Waals surface area (Å²) in [4.78, 5) is 63.9. The van der Waals surface area contributed by atoms with Crippen molar-refractivity contribution in [1.82, 2.24) is 24.8 Å². The number of amides is 4. The number of carbonyl (C=O) groups excluding carboxylic acids is 4. The summed E-state index contributed by atoms with van der Waals surface area (Å²) in [6.45, 7) is 11.8. The summed E-state index contributed by atoms with van der Waals surface area (Å²) >= 11 is 0. The summed E-state index contributed by atoms with van der Waals surface area (Å²) in [5.41, 5.74) is 1.96. The number of nitrogens with zero attached hydrogens (tertiary/aromatic N) is 3. The van der Waals surface area contributed by atoms with Gasteiger partial charge in [-0.25, -0.2) is 22.2 Å². The number of aryl methyl sites for hydroxylation is 1. The van der Waals surface area contributed by atoms with Crippen LogP contribution in [-0.2, 0) is 29.2 Å². The Morgan fingerprint density at radius 2 is 1.78 bits per heavy atom. The molecule has 2 N–H and O–H groups in total. The molecular formula is C44H55F2N5O8S. The average molecular weight is 852 g/mol. The molecule has 1 saturated carbocycles. The third kappa shape index (κ3) is 9.90. The van der Waals surface area contributed by atoms with E-state index in [1.165, 1.54) is 11.0 Å². The van der Waals surface area contributed by atoms with Crippen molar-refractivity contribution in [3.8, 4) is 22.8 Å². The Hall–Kier alpha value is -5.12. The minimum Gasteiger partial charge on any atom is -0.496 e. The molecule has 4 amide bonds. The molecule has 60 heavy (non-hydrogen) atoms. The number of fused-ring (bicyclic) bond motifs is 1. The summed E-state index contributed by atoms with van der Waals surface area (Å²) in [6, 6.07) is 12.3. The number of hydrogen-bond acceptors (Lipinski definition) is 9. The molecule has 1 aliphatic carbocycles. The number of aromatic nitrogens is 1. The maximum atomic E-state index is 14.9. The minimum atomic E-state index is -3.97. The molecule has 0 radical (unpaired) electrons. The highest BCUT2D eigenvalue weighted by atomic mass is 32.2. The van der Waals surface area contributed by atoms with E-state index in [0.717, 1.165) is 16.0 Å². The van der Waals surface area contributed by atoms with Crippen molar-refractivity contribution in [2.24, 2.45) is 17.3 Å². The first-order chi connectivity index (χ1) is 28.2. The number of alkyl halides is 2. The standard InChI is InChI=1S/C44H55F2N5O8S/c1-8-26(2)38(41(54)49-60(56,57)30-15-16-30)48-40(53)34-21-29(24-51(34)42(55)32(43(4,5)6)22-37(52)50-20-12-19-44(45,46)25-50)59-36-23-33(28-13-10-9-11-14-28)47-39-27(3)35(58-7)18-17-31(36)39/h8-11,13-14,17-18,23,26,29-30,32,34,38H,1,12,15-16,19-22,24-25H2,2-7H3,(H,48,53)(H,49,54)/t26-,29?,32+,34-,38?/m0/s1. The van der Waals surface area contributed by atoms with Gasteiger partial charge in [0.1, 0.15) is 29.7 Å². The number of methoxy groups -OCH3 is 1. The molecule has 3 heterocycles. The van der Waals surface area contributed by atoms with Crippen molar-refractivity contribution in [2.45, 2.75) is 103 Å². The molecule has 3 aliphatic rings. The van der Waals surface area contributed by atoms with Crippen molar-refractivity contribution in [3.05, 3.63) is 66.7 Å². The van der Waals surface area contributed by atoms with E-state index in [-0.39, 0.29) is 38.8 Å². The van der Waals surface area contributed by atoms with E-state index in [1.807, 2.05) is 43.3 Å².